The molecule has 1 rings (SSSR count). The van der Waals surface area contributed by atoms with Gasteiger partial charge in [0.25, 0.3) is 0 Å². The van der Waals surface area contributed by atoms with E-state index in [-0.39, 0.29) is 0 Å². The highest BCUT2D eigenvalue weighted by Gasteiger charge is 2.29. The van der Waals surface area contributed by atoms with E-state index in [1.807, 2.05) is 11.9 Å². The summed E-state index contributed by atoms with van der Waals surface area (Å²) in [5.41, 5.74) is 5.82. The molecule has 0 aromatic rings. The summed E-state index contributed by atoms with van der Waals surface area (Å²) in [5, 5.41) is 0. The van der Waals surface area contributed by atoms with E-state index in [0.717, 1.165) is 25.8 Å². The zero-order valence-electron chi connectivity index (χ0n) is 11.5. The normalized spacial score (nSPS) is 24.6. The van der Waals surface area contributed by atoms with Crippen LogP contribution in [0.25, 0.3) is 0 Å². The van der Waals surface area contributed by atoms with E-state index in [4.69, 9.17) is 5.73 Å². The average molecular weight is 240 g/mol. The lowest BCUT2D eigenvalue weighted by Gasteiger charge is -2.37. The van der Waals surface area contributed by atoms with E-state index in [0.29, 0.717) is 24.3 Å². The van der Waals surface area contributed by atoms with Crippen LogP contribution in [-0.4, -0.2) is 30.4 Å². The molecule has 1 amide bonds. The van der Waals surface area contributed by atoms with Crippen molar-refractivity contribution in [3.63, 3.8) is 0 Å². The first-order chi connectivity index (χ1) is 8.20. The fraction of sp³-hybridized carbons (Fsp3) is 0.929. The summed E-state index contributed by atoms with van der Waals surface area (Å²) in [6.07, 6.45) is 8.91. The van der Waals surface area contributed by atoms with Gasteiger partial charge in [-0.05, 0) is 31.7 Å². The van der Waals surface area contributed by atoms with Crippen LogP contribution in [0.3, 0.4) is 0 Å². The molecule has 0 aromatic heterocycles. The maximum atomic E-state index is 12.1. The van der Waals surface area contributed by atoms with Gasteiger partial charge in [0.05, 0.1) is 0 Å². The zero-order valence-corrected chi connectivity index (χ0v) is 11.5. The van der Waals surface area contributed by atoms with Crippen LogP contribution in [-0.2, 0) is 4.79 Å². The lowest BCUT2D eigenvalue weighted by molar-refractivity contribution is -0.133. The summed E-state index contributed by atoms with van der Waals surface area (Å²) >= 11 is 0. The fourth-order valence-corrected chi connectivity index (χ4v) is 2.86. The van der Waals surface area contributed by atoms with Crippen molar-refractivity contribution in [1.82, 2.24) is 4.90 Å². The number of hydrogen-bond donors (Lipinski definition) is 1. The Kier molecular flexibility index (Phi) is 6.56. The van der Waals surface area contributed by atoms with Gasteiger partial charge in [-0.25, -0.2) is 0 Å². The van der Waals surface area contributed by atoms with Crippen molar-refractivity contribution < 1.29 is 4.79 Å². The molecule has 1 aliphatic rings. The Morgan fingerprint density at radius 3 is 2.65 bits per heavy atom. The number of carbonyl (C=O) groups excluding carboxylic acids is 1. The molecule has 0 aromatic carbocycles. The van der Waals surface area contributed by atoms with Crippen molar-refractivity contribution in [2.45, 2.75) is 64.3 Å². The number of unbranched alkanes of at least 4 members (excludes halogenated alkanes) is 2. The molecule has 3 heteroatoms. The van der Waals surface area contributed by atoms with Gasteiger partial charge in [0.1, 0.15) is 0 Å². The minimum Gasteiger partial charge on any atom is -0.342 e. The number of carbonyl (C=O) groups is 1. The van der Waals surface area contributed by atoms with E-state index in [1.165, 1.54) is 25.7 Å². The lowest BCUT2D eigenvalue weighted by Crippen LogP contribution is -2.45. The molecule has 17 heavy (non-hydrogen) atoms. The van der Waals surface area contributed by atoms with Gasteiger partial charge in [-0.2, -0.15) is 0 Å². The largest absolute Gasteiger partial charge is 0.342 e. The Balaban J connectivity index is 2.42. The Morgan fingerprint density at radius 2 is 2.00 bits per heavy atom. The number of rotatable bonds is 6. The first kappa shape index (κ1) is 14.5. The summed E-state index contributed by atoms with van der Waals surface area (Å²) in [6.45, 7) is 2.89. The molecule has 2 unspecified atom stereocenters. The van der Waals surface area contributed by atoms with Crippen molar-refractivity contribution in [3.8, 4) is 0 Å². The average Bonchev–Trinajstić information content (AvgIpc) is 2.38. The fourth-order valence-electron chi connectivity index (χ4n) is 2.86. The summed E-state index contributed by atoms with van der Waals surface area (Å²) in [4.78, 5) is 14.0. The van der Waals surface area contributed by atoms with Crippen LogP contribution in [0.1, 0.15) is 58.3 Å². The van der Waals surface area contributed by atoms with Gasteiger partial charge in [0.15, 0.2) is 0 Å². The van der Waals surface area contributed by atoms with Gasteiger partial charge in [0.2, 0.25) is 5.91 Å². The van der Waals surface area contributed by atoms with Gasteiger partial charge in [0, 0.05) is 19.5 Å². The van der Waals surface area contributed by atoms with E-state index < -0.39 is 0 Å². The first-order valence-corrected chi connectivity index (χ1v) is 7.16. The van der Waals surface area contributed by atoms with E-state index in [1.54, 1.807) is 0 Å². The number of amides is 1. The standard InChI is InChI=1S/C14H28N2O/c1-3-4-5-10-14(17)16(2)13-9-7-6-8-12(13)11-15/h12-13H,3-11,15H2,1-2H3. The van der Waals surface area contributed by atoms with Crippen molar-refractivity contribution in [2.24, 2.45) is 11.7 Å². The third-order valence-corrected chi connectivity index (χ3v) is 4.06. The highest BCUT2D eigenvalue weighted by atomic mass is 16.2. The highest BCUT2D eigenvalue weighted by molar-refractivity contribution is 5.76. The molecule has 0 heterocycles. The number of hydrogen-bond acceptors (Lipinski definition) is 2. The second kappa shape index (κ2) is 7.70. The first-order valence-electron chi connectivity index (χ1n) is 7.16. The van der Waals surface area contributed by atoms with Crippen LogP contribution < -0.4 is 5.73 Å². The Bertz CT molecular complexity index is 230. The summed E-state index contributed by atoms with van der Waals surface area (Å²) in [7, 11) is 1.97. The molecule has 0 radical (unpaired) electrons. The van der Waals surface area contributed by atoms with Crippen LogP contribution in [0.5, 0.6) is 0 Å². The molecule has 0 saturated heterocycles. The molecule has 2 N–H and O–H groups in total. The second-order valence-electron chi connectivity index (χ2n) is 5.31. The molecule has 1 saturated carbocycles. The molecule has 1 fully saturated rings. The molecular weight excluding hydrogens is 212 g/mol. The maximum absolute atomic E-state index is 12.1. The number of nitrogens with zero attached hydrogens (tertiary/aromatic N) is 1. The molecule has 3 nitrogen and oxygen atoms in total. The molecule has 100 valence electrons. The summed E-state index contributed by atoms with van der Waals surface area (Å²) < 4.78 is 0. The van der Waals surface area contributed by atoms with Gasteiger partial charge >= 0.3 is 0 Å². The summed E-state index contributed by atoms with van der Waals surface area (Å²) in [6, 6.07) is 0.392. The molecular formula is C14H28N2O. The number of nitrogens with two attached hydrogens (primary N) is 1. The van der Waals surface area contributed by atoms with Crippen molar-refractivity contribution in [3.05, 3.63) is 0 Å². The highest BCUT2D eigenvalue weighted by Crippen LogP contribution is 2.27. The van der Waals surface area contributed by atoms with Crippen molar-refractivity contribution in [1.29, 1.82) is 0 Å². The maximum Gasteiger partial charge on any atom is 0.222 e. The van der Waals surface area contributed by atoms with Crippen molar-refractivity contribution in [2.75, 3.05) is 13.6 Å². The van der Waals surface area contributed by atoms with Gasteiger partial charge < -0.3 is 10.6 Å². The predicted molar refractivity (Wildman–Crippen MR) is 71.7 cm³/mol. The van der Waals surface area contributed by atoms with E-state index in [9.17, 15) is 4.79 Å². The SMILES string of the molecule is CCCCCC(=O)N(C)C1CCCCC1CN. The second-order valence-corrected chi connectivity index (χ2v) is 5.31. The predicted octanol–water partition coefficient (Wildman–Crippen LogP) is 2.54. The Labute approximate surface area is 106 Å². The minimum atomic E-state index is 0.309. The minimum absolute atomic E-state index is 0.309. The molecule has 2 atom stereocenters. The monoisotopic (exact) mass is 240 g/mol. The van der Waals surface area contributed by atoms with Crippen LogP contribution in [0, 0.1) is 5.92 Å². The zero-order chi connectivity index (χ0) is 12.7. The Morgan fingerprint density at radius 1 is 1.29 bits per heavy atom. The topological polar surface area (TPSA) is 46.3 Å². The lowest BCUT2D eigenvalue weighted by atomic mass is 9.83. The van der Waals surface area contributed by atoms with E-state index >= 15 is 0 Å². The molecule has 1 aliphatic carbocycles. The third kappa shape index (κ3) is 4.30. The molecule has 0 spiro atoms. The molecule has 0 bridgehead atoms. The van der Waals surface area contributed by atoms with Gasteiger partial charge in [-0.1, -0.05) is 32.6 Å². The van der Waals surface area contributed by atoms with Crippen LogP contribution >= 0.6 is 0 Å². The van der Waals surface area contributed by atoms with Gasteiger partial charge in [-0.15, -0.1) is 0 Å². The van der Waals surface area contributed by atoms with Gasteiger partial charge in [-0.3, -0.25) is 4.79 Å². The van der Waals surface area contributed by atoms with Crippen molar-refractivity contribution >= 4 is 5.91 Å². The van der Waals surface area contributed by atoms with Crippen LogP contribution in [0.15, 0.2) is 0 Å². The molecule has 0 aliphatic heterocycles. The van der Waals surface area contributed by atoms with Crippen LogP contribution in [0.4, 0.5) is 0 Å². The smallest absolute Gasteiger partial charge is 0.222 e. The van der Waals surface area contributed by atoms with Crippen LogP contribution in [0.2, 0.25) is 0 Å². The Hall–Kier alpha value is -0.570. The summed E-state index contributed by atoms with van der Waals surface area (Å²) in [5.74, 6) is 0.827. The van der Waals surface area contributed by atoms with E-state index in [2.05, 4.69) is 6.92 Å². The third-order valence-electron chi connectivity index (χ3n) is 4.06. The quantitative estimate of drug-likeness (QED) is 0.725.